The van der Waals surface area contributed by atoms with E-state index in [-0.39, 0.29) is 11.6 Å². The van der Waals surface area contributed by atoms with Crippen molar-refractivity contribution in [3.63, 3.8) is 0 Å². The molecule has 0 bridgehead atoms. The average molecular weight is 376 g/mol. The monoisotopic (exact) mass is 375 g/mol. The average Bonchev–Trinajstić information content (AvgIpc) is 2.58. The van der Waals surface area contributed by atoms with Crippen LogP contribution in [0.3, 0.4) is 0 Å². The molecule has 0 aliphatic rings. The first-order chi connectivity index (χ1) is 11.9. The molecule has 1 heterocycles. The minimum atomic E-state index is -0.137. The van der Waals surface area contributed by atoms with Gasteiger partial charge in [0.1, 0.15) is 5.82 Å². The number of halogens is 2. The molecular weight excluding hydrogens is 357 g/mol. The summed E-state index contributed by atoms with van der Waals surface area (Å²) < 4.78 is 1.70. The molecule has 130 valence electrons. The van der Waals surface area contributed by atoms with E-state index in [0.717, 1.165) is 5.56 Å². The minimum Gasteiger partial charge on any atom is -0.305 e. The van der Waals surface area contributed by atoms with E-state index in [1.165, 1.54) is 0 Å². The van der Waals surface area contributed by atoms with Crippen molar-refractivity contribution < 1.29 is 0 Å². The zero-order chi connectivity index (χ0) is 18.1. The van der Waals surface area contributed by atoms with Crippen LogP contribution in [-0.4, -0.2) is 34.6 Å². The van der Waals surface area contributed by atoms with Gasteiger partial charge in [0.05, 0.1) is 15.9 Å². The largest absolute Gasteiger partial charge is 0.305 e. The highest BCUT2D eigenvalue weighted by Gasteiger charge is 2.17. The minimum absolute atomic E-state index is 0.137. The van der Waals surface area contributed by atoms with Crippen LogP contribution in [0.1, 0.15) is 6.92 Å². The third-order valence-corrected chi connectivity index (χ3v) is 4.84. The molecule has 0 radical (unpaired) electrons. The highest BCUT2D eigenvalue weighted by molar-refractivity contribution is 6.38. The quantitative estimate of drug-likeness (QED) is 0.681. The van der Waals surface area contributed by atoms with E-state index in [1.807, 2.05) is 44.4 Å². The maximum Gasteiger partial charge on any atom is 0.261 e. The molecule has 0 fully saturated rings. The first-order valence-electron chi connectivity index (χ1n) is 8.00. The topological polar surface area (TPSA) is 38.1 Å². The summed E-state index contributed by atoms with van der Waals surface area (Å²) in [5.74, 6) is 0.607. The predicted molar refractivity (Wildman–Crippen MR) is 105 cm³/mol. The van der Waals surface area contributed by atoms with Gasteiger partial charge in [-0.25, -0.2) is 4.98 Å². The van der Waals surface area contributed by atoms with Crippen LogP contribution in [0.2, 0.25) is 10.0 Å². The van der Waals surface area contributed by atoms with Gasteiger partial charge in [-0.3, -0.25) is 9.36 Å². The molecule has 0 spiro atoms. The lowest BCUT2D eigenvalue weighted by Crippen LogP contribution is -2.35. The highest BCUT2D eigenvalue weighted by Crippen LogP contribution is 2.27. The lowest BCUT2D eigenvalue weighted by molar-refractivity contribution is 0.282. The van der Waals surface area contributed by atoms with E-state index in [4.69, 9.17) is 28.2 Å². The number of aromatic nitrogens is 2. The second-order valence-electron chi connectivity index (χ2n) is 6.31. The highest BCUT2D eigenvalue weighted by atomic mass is 35.5. The van der Waals surface area contributed by atoms with E-state index in [2.05, 4.69) is 11.8 Å². The van der Waals surface area contributed by atoms with Crippen molar-refractivity contribution in [1.29, 1.82) is 0 Å². The number of fused-ring (bicyclic) bond motifs is 1. The summed E-state index contributed by atoms with van der Waals surface area (Å²) in [7, 11) is 3.97. The molecule has 0 saturated carbocycles. The number of benzene rings is 2. The molecule has 4 nitrogen and oxygen atoms in total. The summed E-state index contributed by atoms with van der Waals surface area (Å²) >= 11 is 12.4. The molecule has 0 amide bonds. The molecule has 1 unspecified atom stereocenters. The normalized spacial score (nSPS) is 12.7. The molecule has 2 aromatic carbocycles. The van der Waals surface area contributed by atoms with Gasteiger partial charge in [0.15, 0.2) is 0 Å². The van der Waals surface area contributed by atoms with Gasteiger partial charge in [-0.2, -0.15) is 0 Å². The summed E-state index contributed by atoms with van der Waals surface area (Å²) in [6, 6.07) is 13.1. The molecule has 0 N–H and O–H groups in total. The van der Waals surface area contributed by atoms with E-state index in [9.17, 15) is 4.79 Å². The fraction of sp³-hybridized carbons (Fsp3) is 0.263. The van der Waals surface area contributed by atoms with Gasteiger partial charge in [-0.1, -0.05) is 53.5 Å². The summed E-state index contributed by atoms with van der Waals surface area (Å²) in [5, 5.41) is 1.24. The Bertz CT molecular complexity index is 968. The van der Waals surface area contributed by atoms with Gasteiger partial charge in [-0.15, -0.1) is 0 Å². The number of rotatable bonds is 4. The Hall–Kier alpha value is -1.88. The molecule has 6 heteroatoms. The fourth-order valence-electron chi connectivity index (χ4n) is 2.65. The van der Waals surface area contributed by atoms with Gasteiger partial charge in [0.2, 0.25) is 0 Å². The third-order valence-electron chi connectivity index (χ3n) is 4.34. The predicted octanol–water partition coefficient (Wildman–Crippen LogP) is 4.32. The molecular formula is C19H19Cl2N3O. The molecule has 0 saturated heterocycles. The Morgan fingerprint density at radius 1 is 1.16 bits per heavy atom. The number of hydrogen-bond donors (Lipinski definition) is 0. The van der Waals surface area contributed by atoms with Crippen molar-refractivity contribution in [1.82, 2.24) is 14.5 Å². The fourth-order valence-corrected chi connectivity index (χ4v) is 3.19. The summed E-state index contributed by atoms with van der Waals surface area (Å²) in [5.41, 5.74) is 1.21. The van der Waals surface area contributed by atoms with Crippen molar-refractivity contribution in [3.05, 3.63) is 62.9 Å². The van der Waals surface area contributed by atoms with Crippen molar-refractivity contribution >= 4 is 34.1 Å². The number of likely N-dealkylation sites (N-methyl/N-ethyl adjacent to an activating group) is 1. The zero-order valence-corrected chi connectivity index (χ0v) is 15.8. The maximum absolute atomic E-state index is 13.2. The van der Waals surface area contributed by atoms with Crippen molar-refractivity contribution in [2.24, 2.45) is 0 Å². The van der Waals surface area contributed by atoms with E-state index in [1.54, 1.807) is 16.7 Å². The van der Waals surface area contributed by atoms with Crippen LogP contribution in [0, 0.1) is 0 Å². The van der Waals surface area contributed by atoms with Crippen molar-refractivity contribution in [3.8, 4) is 11.4 Å². The van der Waals surface area contributed by atoms with Crippen LogP contribution in [0.4, 0.5) is 0 Å². The summed E-state index contributed by atoms with van der Waals surface area (Å²) in [6.07, 6.45) is 0. The Labute approximate surface area is 156 Å². The molecule has 3 aromatic rings. The van der Waals surface area contributed by atoms with Crippen LogP contribution in [0.25, 0.3) is 22.3 Å². The van der Waals surface area contributed by atoms with E-state index in [0.29, 0.717) is 33.3 Å². The van der Waals surface area contributed by atoms with Crippen LogP contribution in [0.5, 0.6) is 0 Å². The molecule has 3 rings (SSSR count). The van der Waals surface area contributed by atoms with Crippen LogP contribution < -0.4 is 5.56 Å². The van der Waals surface area contributed by atoms with Gasteiger partial charge in [-0.05, 0) is 33.2 Å². The lowest BCUT2D eigenvalue weighted by atomic mass is 10.1. The van der Waals surface area contributed by atoms with Crippen LogP contribution in [-0.2, 0) is 6.54 Å². The standard InChI is InChI=1S/C19H19Cl2N3O/c1-12(23(2)3)11-24-18(13-7-5-4-6-8-13)22-17-15(19(24)25)9-14(20)10-16(17)21/h4-10,12H,11H2,1-3H3. The molecule has 1 atom stereocenters. The zero-order valence-electron chi connectivity index (χ0n) is 14.3. The third kappa shape index (κ3) is 3.56. The Morgan fingerprint density at radius 2 is 1.84 bits per heavy atom. The van der Waals surface area contributed by atoms with Crippen LogP contribution >= 0.6 is 23.2 Å². The summed E-state index contributed by atoms with van der Waals surface area (Å²) in [4.78, 5) is 20.0. The molecule has 0 aliphatic carbocycles. The van der Waals surface area contributed by atoms with Gasteiger partial charge >= 0.3 is 0 Å². The molecule has 1 aromatic heterocycles. The van der Waals surface area contributed by atoms with Crippen molar-refractivity contribution in [2.75, 3.05) is 14.1 Å². The number of hydrogen-bond acceptors (Lipinski definition) is 3. The van der Waals surface area contributed by atoms with Crippen LogP contribution in [0.15, 0.2) is 47.3 Å². The van der Waals surface area contributed by atoms with Gasteiger partial charge < -0.3 is 4.90 Å². The van der Waals surface area contributed by atoms with Crippen molar-refractivity contribution in [2.45, 2.75) is 19.5 Å². The summed E-state index contributed by atoms with van der Waals surface area (Å²) in [6.45, 7) is 2.58. The van der Waals surface area contributed by atoms with E-state index < -0.39 is 0 Å². The Kier molecular flexibility index (Phi) is 5.13. The van der Waals surface area contributed by atoms with Gasteiger partial charge in [0, 0.05) is 23.2 Å². The first kappa shape index (κ1) is 17.9. The second-order valence-corrected chi connectivity index (χ2v) is 7.16. The first-order valence-corrected chi connectivity index (χ1v) is 8.75. The number of nitrogens with zero attached hydrogens (tertiary/aromatic N) is 3. The molecule has 25 heavy (non-hydrogen) atoms. The molecule has 0 aliphatic heterocycles. The van der Waals surface area contributed by atoms with E-state index >= 15 is 0 Å². The second kappa shape index (κ2) is 7.16. The maximum atomic E-state index is 13.2. The Morgan fingerprint density at radius 3 is 2.48 bits per heavy atom. The Balaban J connectivity index is 2.33. The smallest absolute Gasteiger partial charge is 0.261 e. The lowest BCUT2D eigenvalue weighted by Gasteiger charge is -2.23. The SMILES string of the molecule is CC(Cn1c(-c2ccccc2)nc2c(Cl)cc(Cl)cc2c1=O)N(C)C. The van der Waals surface area contributed by atoms with Gasteiger partial charge in [0.25, 0.3) is 5.56 Å².